The van der Waals surface area contributed by atoms with Gasteiger partial charge in [0.1, 0.15) is 11.3 Å². The fourth-order valence-electron chi connectivity index (χ4n) is 5.70. The van der Waals surface area contributed by atoms with Gasteiger partial charge in [0.25, 0.3) is 5.91 Å². The molecule has 9 heteroatoms. The number of imide groups is 2. The Balaban J connectivity index is 1.82. The predicted octanol–water partition coefficient (Wildman–Crippen LogP) is 1.23. The van der Waals surface area contributed by atoms with Crippen LogP contribution in [-0.2, 0) is 38.9 Å². The lowest BCUT2D eigenvalue weighted by Gasteiger charge is -2.37. The van der Waals surface area contributed by atoms with Crippen molar-refractivity contribution in [3.63, 3.8) is 0 Å². The largest absolute Gasteiger partial charge is 0.389 e. The van der Waals surface area contributed by atoms with Gasteiger partial charge in [0.05, 0.1) is 22.5 Å². The van der Waals surface area contributed by atoms with Crippen molar-refractivity contribution in [3.05, 3.63) is 64.7 Å². The van der Waals surface area contributed by atoms with Crippen LogP contribution in [-0.4, -0.2) is 35.6 Å². The maximum absolute atomic E-state index is 14.1. The van der Waals surface area contributed by atoms with Crippen LogP contribution in [0.25, 0.3) is 5.57 Å². The number of fused-ring (bicyclic) bond motifs is 5. The third-order valence-electron chi connectivity index (χ3n) is 6.76. The number of carbonyl (C=O) groups is 6. The molecule has 4 aliphatic rings. The average molecular weight is 442 g/mol. The number of hydrogen-bond acceptors (Lipinski definition) is 7. The van der Waals surface area contributed by atoms with Crippen molar-refractivity contribution in [3.8, 4) is 0 Å². The molecule has 9 nitrogen and oxygen atoms in total. The zero-order valence-corrected chi connectivity index (χ0v) is 17.4. The highest BCUT2D eigenvalue weighted by Crippen LogP contribution is 2.62. The van der Waals surface area contributed by atoms with Crippen molar-refractivity contribution in [1.82, 2.24) is 0 Å². The highest BCUT2D eigenvalue weighted by Gasteiger charge is 2.69. The molecule has 2 unspecified atom stereocenters. The Kier molecular flexibility index (Phi) is 3.44. The number of esters is 2. The van der Waals surface area contributed by atoms with Gasteiger partial charge in [0.2, 0.25) is 17.7 Å². The summed E-state index contributed by atoms with van der Waals surface area (Å²) >= 11 is 0. The van der Waals surface area contributed by atoms with Gasteiger partial charge in [0.15, 0.2) is 0 Å². The van der Waals surface area contributed by atoms with Crippen LogP contribution < -0.4 is 9.80 Å². The second kappa shape index (κ2) is 5.89. The van der Waals surface area contributed by atoms with E-state index in [4.69, 9.17) is 4.74 Å². The van der Waals surface area contributed by atoms with E-state index in [1.54, 1.807) is 36.4 Å². The summed E-state index contributed by atoms with van der Waals surface area (Å²) in [6.45, 7) is 2.44. The summed E-state index contributed by atoms with van der Waals surface area (Å²) in [6, 6.07) is 11.2. The van der Waals surface area contributed by atoms with Gasteiger partial charge in [-0.05, 0) is 23.3 Å². The average Bonchev–Trinajstić information content (AvgIpc) is 3.32. The Bertz CT molecular complexity index is 1450. The van der Waals surface area contributed by atoms with Crippen LogP contribution >= 0.6 is 0 Å². The van der Waals surface area contributed by atoms with Gasteiger partial charge in [-0.3, -0.25) is 24.0 Å². The quantitative estimate of drug-likeness (QED) is 0.445. The molecule has 6 rings (SSSR count). The molecule has 0 bridgehead atoms. The van der Waals surface area contributed by atoms with Crippen molar-refractivity contribution in [2.24, 2.45) is 5.92 Å². The summed E-state index contributed by atoms with van der Waals surface area (Å²) in [7, 11) is 0. The standard InChI is InChI=1S/C24H14N2O7/c1-10(27)25-15-9-5-7-13-16(15)17(20(25)29)18-19(22(31)33-21(18)30)24(13)12-6-3-4-8-14(12)26(11(2)28)23(24)32/h3-9,19H,1-2H3. The minimum Gasteiger partial charge on any atom is -0.389 e. The van der Waals surface area contributed by atoms with Gasteiger partial charge >= 0.3 is 11.9 Å². The van der Waals surface area contributed by atoms with Crippen LogP contribution in [0, 0.1) is 5.92 Å². The first-order valence-electron chi connectivity index (χ1n) is 10.2. The number of rotatable bonds is 0. The van der Waals surface area contributed by atoms with Crippen LogP contribution in [0.2, 0.25) is 0 Å². The summed E-state index contributed by atoms with van der Waals surface area (Å²) in [6.07, 6.45) is 0. The van der Waals surface area contributed by atoms with Gasteiger partial charge < -0.3 is 4.74 Å². The van der Waals surface area contributed by atoms with E-state index in [0.29, 0.717) is 5.56 Å². The summed E-state index contributed by atoms with van der Waals surface area (Å²) < 4.78 is 4.94. The monoisotopic (exact) mass is 442 g/mol. The first-order valence-corrected chi connectivity index (χ1v) is 10.2. The number of carbonyl (C=O) groups excluding carboxylic acids is 6. The van der Waals surface area contributed by atoms with E-state index in [-0.39, 0.29) is 33.6 Å². The third-order valence-corrected chi connectivity index (χ3v) is 6.76. The van der Waals surface area contributed by atoms with Crippen LogP contribution in [0.15, 0.2) is 48.0 Å². The van der Waals surface area contributed by atoms with E-state index >= 15 is 0 Å². The summed E-state index contributed by atoms with van der Waals surface area (Å²) in [5, 5.41) is 0. The van der Waals surface area contributed by atoms with Gasteiger partial charge in [0, 0.05) is 19.4 Å². The first-order chi connectivity index (χ1) is 15.7. The number of cyclic esters (lactones) is 2. The van der Waals surface area contributed by atoms with E-state index in [0.717, 1.165) is 9.80 Å². The fraction of sp³-hybridized carbons (Fsp3) is 0.167. The number of ether oxygens (including phenoxy) is 1. The van der Waals surface area contributed by atoms with Crippen LogP contribution in [0.4, 0.5) is 11.4 Å². The molecular formula is C24H14N2O7. The molecule has 0 radical (unpaired) electrons. The van der Waals surface area contributed by atoms with Crippen LogP contribution in [0.1, 0.15) is 30.5 Å². The molecule has 33 heavy (non-hydrogen) atoms. The molecule has 2 atom stereocenters. The van der Waals surface area contributed by atoms with E-state index < -0.39 is 46.9 Å². The lowest BCUT2D eigenvalue weighted by molar-refractivity contribution is -0.154. The molecule has 0 saturated carbocycles. The predicted molar refractivity (Wildman–Crippen MR) is 112 cm³/mol. The molecule has 1 fully saturated rings. The second-order valence-electron chi connectivity index (χ2n) is 8.27. The van der Waals surface area contributed by atoms with Crippen LogP contribution in [0.3, 0.4) is 0 Å². The van der Waals surface area contributed by atoms with Crippen molar-refractivity contribution in [2.75, 3.05) is 9.80 Å². The second-order valence-corrected chi connectivity index (χ2v) is 8.27. The topological polar surface area (TPSA) is 118 Å². The van der Waals surface area contributed by atoms with E-state index in [9.17, 15) is 28.8 Å². The molecule has 0 aromatic heterocycles. The normalized spacial score (nSPS) is 24.4. The van der Waals surface area contributed by atoms with Gasteiger partial charge in [-0.1, -0.05) is 30.3 Å². The summed E-state index contributed by atoms with van der Waals surface area (Å²) in [5.74, 6) is -6.11. The molecule has 0 N–H and O–H groups in total. The Labute approximate surface area is 186 Å². The number of benzene rings is 2. The van der Waals surface area contributed by atoms with E-state index in [1.165, 1.54) is 19.9 Å². The maximum atomic E-state index is 14.1. The van der Waals surface area contributed by atoms with Crippen LogP contribution in [0.5, 0.6) is 0 Å². The third kappa shape index (κ3) is 1.94. The maximum Gasteiger partial charge on any atom is 0.343 e. The van der Waals surface area contributed by atoms with E-state index in [1.807, 2.05) is 0 Å². The van der Waals surface area contributed by atoms with Gasteiger partial charge in [-0.2, -0.15) is 0 Å². The molecule has 2 aromatic carbocycles. The fourth-order valence-corrected chi connectivity index (χ4v) is 5.70. The molecule has 3 heterocycles. The minimum atomic E-state index is -1.80. The number of nitrogens with zero attached hydrogens (tertiary/aromatic N) is 2. The Morgan fingerprint density at radius 2 is 1.48 bits per heavy atom. The Morgan fingerprint density at radius 1 is 0.848 bits per heavy atom. The molecule has 4 amide bonds. The Morgan fingerprint density at radius 3 is 2.18 bits per heavy atom. The van der Waals surface area contributed by atoms with Gasteiger partial charge in [-0.15, -0.1) is 0 Å². The lowest BCUT2D eigenvalue weighted by Crippen LogP contribution is -2.51. The SMILES string of the molecule is CC(=O)N1C(=O)C2(c3ccccc31)c1cccc3c1C(=C1C(=O)OC(=O)C12)C(=O)N3C(C)=O. The molecule has 3 aliphatic heterocycles. The molecule has 1 spiro atoms. The molecule has 2 aromatic rings. The zero-order chi connectivity index (χ0) is 23.4. The van der Waals surface area contributed by atoms with Crippen molar-refractivity contribution < 1.29 is 33.5 Å². The number of hydrogen-bond donors (Lipinski definition) is 0. The molecular weight excluding hydrogens is 428 g/mol. The molecule has 162 valence electrons. The zero-order valence-electron chi connectivity index (χ0n) is 17.4. The number of amides is 4. The van der Waals surface area contributed by atoms with Crippen molar-refractivity contribution >= 4 is 52.5 Å². The summed E-state index contributed by atoms with van der Waals surface area (Å²) in [4.78, 5) is 80.1. The highest BCUT2D eigenvalue weighted by atomic mass is 16.6. The number of anilines is 2. The van der Waals surface area contributed by atoms with Gasteiger partial charge in [-0.25, -0.2) is 14.6 Å². The van der Waals surface area contributed by atoms with Crippen molar-refractivity contribution in [2.45, 2.75) is 19.3 Å². The minimum absolute atomic E-state index is 0.117. The van der Waals surface area contributed by atoms with Crippen molar-refractivity contribution in [1.29, 1.82) is 0 Å². The molecule has 1 aliphatic carbocycles. The summed E-state index contributed by atoms with van der Waals surface area (Å²) in [5.41, 5.74) is -0.836. The number of para-hydroxylation sites is 1. The highest BCUT2D eigenvalue weighted by molar-refractivity contribution is 6.45. The first kappa shape index (κ1) is 19.3. The Hall–Kier alpha value is -4.40. The van der Waals surface area contributed by atoms with E-state index in [2.05, 4.69) is 0 Å². The smallest absolute Gasteiger partial charge is 0.343 e. The lowest BCUT2D eigenvalue weighted by atomic mass is 9.59. The molecule has 1 saturated heterocycles.